The van der Waals surface area contributed by atoms with E-state index in [2.05, 4.69) is 66.7 Å². The predicted molar refractivity (Wildman–Crippen MR) is 159 cm³/mol. The number of likely N-dealkylation sites (tertiary alicyclic amines) is 2. The molecule has 0 unspecified atom stereocenters. The van der Waals surface area contributed by atoms with E-state index in [4.69, 9.17) is 13.0 Å². The molecule has 20 heteroatoms. The van der Waals surface area contributed by atoms with Crippen LogP contribution >= 0.6 is 15.3 Å². The lowest BCUT2D eigenvalue weighted by Gasteiger charge is -2.26. The quantitative estimate of drug-likeness (QED) is 0.108. The van der Waals surface area contributed by atoms with Crippen molar-refractivity contribution >= 4 is 50.5 Å². The van der Waals surface area contributed by atoms with Crippen LogP contribution in [0.5, 0.6) is 0 Å². The molecule has 0 saturated carbocycles. The zero-order chi connectivity index (χ0) is 33.8. The molecule has 260 valence electrons. The van der Waals surface area contributed by atoms with Crippen molar-refractivity contribution in [2.45, 2.75) is 89.8 Å². The fourth-order valence-corrected chi connectivity index (χ4v) is 6.22. The second-order valence-electron chi connectivity index (χ2n) is 12.2. The molecule has 2 aliphatic rings. The Kier molecular flexibility index (Phi) is 22.9. The first-order chi connectivity index (χ1) is 17.7. The minimum atomic E-state index is -6.09. The van der Waals surface area contributed by atoms with Crippen molar-refractivity contribution in [3.63, 3.8) is 0 Å². The van der Waals surface area contributed by atoms with E-state index in [-0.39, 0.29) is 17.0 Å². The van der Waals surface area contributed by atoms with Gasteiger partial charge in [0.25, 0.3) is 0 Å². The molecule has 2 heterocycles. The van der Waals surface area contributed by atoms with Crippen molar-refractivity contribution in [2.24, 2.45) is 0 Å². The standard InChI is InChI=1S/2C7H16N.C4H9F3O3SSi.C3H9BrSi.CHF3O3S.BrH/c2*1-3-8(2)6-4-5-7-8;1-12(2,3)10-11(8,9)4(5,6)7;1-5(2,3)4;2-1(3,4)8(5,6)7;/h2*3-7H2,1-2H3;1-3H3;1-3H3;(H,5,6,7);1H/q2*+1;;;;/p-2. The Bertz CT molecular complexity index is 920. The first-order valence-electron chi connectivity index (χ1n) is 13.1. The molecule has 0 amide bonds. The normalized spacial score (nSPS) is 18.3. The van der Waals surface area contributed by atoms with Gasteiger partial charge >= 0.3 is 21.1 Å². The lowest BCUT2D eigenvalue weighted by Crippen LogP contribution is -3.00. The SMILES string of the molecule is CC[N+]1(C)CCCC1.CC[N+]1(C)CCCC1.C[Si](C)(C)Br.C[Si](C)(C)OS(=O)(=O)C(F)(F)F.O=S(=O)([O-])C(F)(F)F.[Br-]. The third-order valence-electron chi connectivity index (χ3n) is 5.75. The molecular weight excluding hydrogens is 782 g/mol. The molecule has 2 aliphatic heterocycles. The van der Waals surface area contributed by atoms with Crippen LogP contribution in [0.3, 0.4) is 0 Å². The Hall–Kier alpha value is 0.714. The topological polar surface area (TPSA) is 101 Å². The highest BCUT2D eigenvalue weighted by atomic mass is 79.9. The van der Waals surface area contributed by atoms with E-state index in [9.17, 15) is 34.8 Å². The third kappa shape index (κ3) is 27.1. The average Bonchev–Trinajstić information content (AvgIpc) is 3.34. The van der Waals surface area contributed by atoms with Gasteiger partial charge in [0.05, 0.1) is 53.4 Å². The fourth-order valence-electron chi connectivity index (χ4n) is 3.21. The molecular formula is C22H50Br2F6N2O6S2Si2. The summed E-state index contributed by atoms with van der Waals surface area (Å²) in [6.07, 6.45) is 5.80. The van der Waals surface area contributed by atoms with Gasteiger partial charge in [0.1, 0.15) is 6.69 Å². The van der Waals surface area contributed by atoms with Gasteiger partial charge in [-0.05, 0) is 33.5 Å². The monoisotopic (exact) mass is 830 g/mol. The predicted octanol–water partition coefficient (Wildman–Crippen LogP) is 3.45. The van der Waals surface area contributed by atoms with Crippen LogP contribution in [0.15, 0.2) is 0 Å². The largest absolute Gasteiger partial charge is 1.00 e. The van der Waals surface area contributed by atoms with E-state index in [0.29, 0.717) is 0 Å². The van der Waals surface area contributed by atoms with Gasteiger partial charge in [-0.3, -0.25) is 0 Å². The van der Waals surface area contributed by atoms with E-state index in [0.717, 1.165) is 0 Å². The van der Waals surface area contributed by atoms with Gasteiger partial charge in [-0.25, -0.2) is 8.42 Å². The van der Waals surface area contributed by atoms with Gasteiger partial charge in [0.15, 0.2) is 10.1 Å². The van der Waals surface area contributed by atoms with E-state index in [1.807, 2.05) is 0 Å². The highest BCUT2D eigenvalue weighted by molar-refractivity contribution is 9.26. The molecule has 0 aromatic rings. The third-order valence-corrected chi connectivity index (χ3v) is 9.76. The molecule has 0 atom stereocenters. The number of hydrogen-bond donors (Lipinski definition) is 0. The molecule has 8 nitrogen and oxygen atoms in total. The second kappa shape index (κ2) is 19.4. The Balaban J connectivity index is -0.000000219. The van der Waals surface area contributed by atoms with Crippen LogP contribution in [0.1, 0.15) is 39.5 Å². The summed E-state index contributed by atoms with van der Waals surface area (Å²) in [5.41, 5.74) is -11.0. The molecule has 0 bridgehead atoms. The molecule has 0 N–H and O–H groups in total. The maximum absolute atomic E-state index is 11.7. The molecule has 0 spiro atoms. The van der Waals surface area contributed by atoms with Crippen molar-refractivity contribution in [1.82, 2.24) is 0 Å². The first kappa shape index (κ1) is 49.6. The first-order valence-corrected chi connectivity index (χ1v) is 25.1. The molecule has 2 rings (SSSR count). The average molecular weight is 833 g/mol. The maximum atomic E-state index is 11.7. The van der Waals surface area contributed by atoms with Crippen molar-refractivity contribution < 1.29 is 77.6 Å². The number of nitrogens with zero attached hydrogens (tertiary/aromatic N) is 2. The number of rotatable bonds is 4. The van der Waals surface area contributed by atoms with Crippen LogP contribution in [0, 0.1) is 0 Å². The molecule has 2 fully saturated rings. The van der Waals surface area contributed by atoms with Gasteiger partial charge in [0, 0.05) is 25.7 Å². The van der Waals surface area contributed by atoms with E-state index in [1.165, 1.54) is 93.6 Å². The Morgan fingerprint density at radius 2 is 0.929 bits per heavy atom. The van der Waals surface area contributed by atoms with Crippen LogP contribution in [-0.2, 0) is 24.1 Å². The van der Waals surface area contributed by atoms with Crippen LogP contribution < -0.4 is 17.0 Å². The van der Waals surface area contributed by atoms with Crippen molar-refractivity contribution in [2.75, 3.05) is 53.4 Å². The number of hydrogen-bond acceptors (Lipinski definition) is 6. The van der Waals surface area contributed by atoms with Crippen LogP contribution in [0.25, 0.3) is 0 Å². The molecule has 0 aliphatic carbocycles. The van der Waals surface area contributed by atoms with Gasteiger partial charge in [-0.2, -0.15) is 34.8 Å². The summed E-state index contributed by atoms with van der Waals surface area (Å²) in [4.78, 5) is 0. The van der Waals surface area contributed by atoms with Crippen LogP contribution in [-0.4, -0.2) is 110 Å². The minimum Gasteiger partial charge on any atom is -1.00 e. The van der Waals surface area contributed by atoms with Crippen LogP contribution in [0.2, 0.25) is 39.3 Å². The Labute approximate surface area is 270 Å². The van der Waals surface area contributed by atoms with E-state index < -0.39 is 46.3 Å². The molecule has 42 heavy (non-hydrogen) atoms. The summed E-state index contributed by atoms with van der Waals surface area (Å²) in [6.45, 7) is 22.9. The summed E-state index contributed by atoms with van der Waals surface area (Å²) < 4.78 is 121. The van der Waals surface area contributed by atoms with Gasteiger partial charge < -0.3 is 34.4 Å². The molecule has 0 aromatic heterocycles. The Morgan fingerprint density at radius 3 is 1.00 bits per heavy atom. The number of alkyl halides is 6. The Morgan fingerprint density at radius 1 is 0.714 bits per heavy atom. The number of quaternary nitrogens is 2. The van der Waals surface area contributed by atoms with Gasteiger partial charge in [-0.15, -0.1) is 15.3 Å². The highest BCUT2D eigenvalue weighted by Gasteiger charge is 2.49. The summed E-state index contributed by atoms with van der Waals surface area (Å²) >= 11 is 3.51. The zero-order valence-electron chi connectivity index (χ0n) is 26.3. The van der Waals surface area contributed by atoms with Gasteiger partial charge in [-0.1, -0.05) is 19.6 Å². The zero-order valence-corrected chi connectivity index (χ0v) is 33.1. The van der Waals surface area contributed by atoms with E-state index in [1.54, 1.807) is 0 Å². The second-order valence-corrected chi connectivity index (χ2v) is 31.1. The van der Waals surface area contributed by atoms with E-state index >= 15 is 0 Å². The lowest BCUT2D eigenvalue weighted by molar-refractivity contribution is -0.895. The lowest BCUT2D eigenvalue weighted by atomic mass is 10.4. The van der Waals surface area contributed by atoms with Crippen molar-refractivity contribution in [1.29, 1.82) is 0 Å². The summed E-state index contributed by atoms with van der Waals surface area (Å²) in [5, 5.41) is 0. The molecule has 0 radical (unpaired) electrons. The molecule has 2 saturated heterocycles. The highest BCUT2D eigenvalue weighted by Crippen LogP contribution is 2.27. The smallest absolute Gasteiger partial charge is 0.522 e. The number of halogens is 8. The summed E-state index contributed by atoms with van der Waals surface area (Å²) in [6, 6.07) is 0. The molecule has 0 aromatic carbocycles. The summed E-state index contributed by atoms with van der Waals surface area (Å²) in [5.74, 6) is 0. The maximum Gasteiger partial charge on any atom is 0.522 e. The van der Waals surface area contributed by atoms with Crippen molar-refractivity contribution in [3.05, 3.63) is 0 Å². The van der Waals surface area contributed by atoms with Crippen molar-refractivity contribution in [3.8, 4) is 0 Å². The van der Waals surface area contributed by atoms with Crippen LogP contribution in [0.4, 0.5) is 26.3 Å². The van der Waals surface area contributed by atoms with Gasteiger partial charge in [0.2, 0.25) is 8.32 Å². The fraction of sp³-hybridized carbons (Fsp3) is 1.00. The summed E-state index contributed by atoms with van der Waals surface area (Å²) in [7, 11) is -9.49. The minimum absolute atomic E-state index is 0.